The van der Waals surface area contributed by atoms with Gasteiger partial charge in [-0.3, -0.25) is 9.59 Å². The van der Waals surface area contributed by atoms with E-state index in [0.717, 1.165) is 6.42 Å². The van der Waals surface area contributed by atoms with Crippen LogP contribution in [0.4, 0.5) is 0 Å². The molecule has 2 N–H and O–H groups in total. The highest BCUT2D eigenvalue weighted by Gasteiger charge is 2.18. The first-order chi connectivity index (χ1) is 13.0. The maximum Gasteiger partial charge on any atom is 0.268 e. The molecule has 27 heavy (non-hydrogen) atoms. The summed E-state index contributed by atoms with van der Waals surface area (Å²) in [6, 6.07) is 8.13. The lowest BCUT2D eigenvalue weighted by molar-refractivity contribution is -0.118. The number of hydrogen-bond acceptors (Lipinski definition) is 5. The molecule has 0 bridgehead atoms. The molecule has 0 fully saturated rings. The van der Waals surface area contributed by atoms with E-state index in [4.69, 9.17) is 13.9 Å². The van der Waals surface area contributed by atoms with Crippen molar-refractivity contribution < 1.29 is 23.5 Å². The highest BCUT2D eigenvalue weighted by Crippen LogP contribution is 2.27. The monoisotopic (exact) mass is 372 g/mol. The molecule has 0 saturated carbocycles. The van der Waals surface area contributed by atoms with E-state index in [2.05, 4.69) is 10.6 Å². The number of furan rings is 1. The Kier molecular flexibility index (Phi) is 7.05. The minimum atomic E-state index is -0.451. The first-order valence-corrected chi connectivity index (χ1v) is 8.57. The molecule has 1 atom stereocenters. The molecule has 2 amide bonds. The molecule has 0 saturated heterocycles. The van der Waals surface area contributed by atoms with E-state index in [9.17, 15) is 9.59 Å². The molecule has 1 aromatic heterocycles. The Morgan fingerprint density at radius 2 is 1.93 bits per heavy atom. The maximum atomic E-state index is 12.7. The number of amides is 2. The van der Waals surface area contributed by atoms with E-state index in [1.807, 2.05) is 13.8 Å². The molecule has 2 aromatic rings. The van der Waals surface area contributed by atoms with E-state index in [-0.39, 0.29) is 11.7 Å². The summed E-state index contributed by atoms with van der Waals surface area (Å²) >= 11 is 0. The molecule has 7 nitrogen and oxygen atoms in total. The van der Waals surface area contributed by atoms with Crippen molar-refractivity contribution in [1.29, 1.82) is 0 Å². The Labute approximate surface area is 158 Å². The van der Waals surface area contributed by atoms with Crippen molar-refractivity contribution in [2.24, 2.45) is 0 Å². The topological polar surface area (TPSA) is 89.8 Å². The van der Waals surface area contributed by atoms with Gasteiger partial charge in [-0.05, 0) is 43.7 Å². The minimum Gasteiger partial charge on any atom is -0.493 e. The second kappa shape index (κ2) is 9.47. The summed E-state index contributed by atoms with van der Waals surface area (Å²) in [7, 11) is 3.00. The van der Waals surface area contributed by atoms with Crippen molar-refractivity contribution in [3.63, 3.8) is 0 Å². The lowest BCUT2D eigenvalue weighted by Crippen LogP contribution is -2.39. The number of rotatable bonds is 8. The number of nitrogens with one attached hydrogen (secondary N) is 2. The normalized spacial score (nSPS) is 12.2. The smallest absolute Gasteiger partial charge is 0.268 e. The van der Waals surface area contributed by atoms with Gasteiger partial charge in [0, 0.05) is 17.7 Å². The molecule has 144 valence electrons. The molecule has 1 aromatic carbocycles. The summed E-state index contributed by atoms with van der Waals surface area (Å²) in [6.45, 7) is 3.85. The first-order valence-electron chi connectivity index (χ1n) is 8.57. The summed E-state index contributed by atoms with van der Waals surface area (Å²) in [4.78, 5) is 25.2. The van der Waals surface area contributed by atoms with Gasteiger partial charge < -0.3 is 24.5 Å². The second-order valence-electron chi connectivity index (χ2n) is 5.88. The third-order valence-corrected chi connectivity index (χ3v) is 3.96. The standard InChI is InChI=1S/C20H24N2O5/c1-5-13(2)21-20(24)16(12-15-7-6-10-27-15)22-19(23)14-8-9-17(25-3)18(11-14)26-4/h6-13H,5H2,1-4H3,(H,21,24)(H,22,23)/b16-12-/t13-/m0/s1. The Morgan fingerprint density at radius 1 is 1.19 bits per heavy atom. The third kappa shape index (κ3) is 5.37. The van der Waals surface area contributed by atoms with Crippen molar-refractivity contribution in [2.45, 2.75) is 26.3 Å². The largest absolute Gasteiger partial charge is 0.493 e. The van der Waals surface area contributed by atoms with Gasteiger partial charge in [0.05, 0.1) is 20.5 Å². The fourth-order valence-corrected chi connectivity index (χ4v) is 2.25. The SMILES string of the molecule is CC[C@H](C)NC(=O)/C(=C/c1ccco1)NC(=O)c1ccc(OC)c(OC)c1. The van der Waals surface area contributed by atoms with Gasteiger partial charge in [-0.1, -0.05) is 6.92 Å². The number of ether oxygens (including phenoxy) is 2. The van der Waals surface area contributed by atoms with Crippen LogP contribution >= 0.6 is 0 Å². The predicted octanol–water partition coefficient (Wildman–Crippen LogP) is 2.98. The van der Waals surface area contributed by atoms with Crippen LogP contribution in [0.1, 0.15) is 36.4 Å². The number of methoxy groups -OCH3 is 2. The molecule has 0 aliphatic carbocycles. The summed E-state index contributed by atoms with van der Waals surface area (Å²) < 4.78 is 15.6. The fraction of sp³-hybridized carbons (Fsp3) is 0.300. The summed E-state index contributed by atoms with van der Waals surface area (Å²) in [5.74, 6) is 0.542. The number of carbonyl (C=O) groups is 2. The van der Waals surface area contributed by atoms with Crippen LogP contribution in [0.5, 0.6) is 11.5 Å². The average molecular weight is 372 g/mol. The summed E-state index contributed by atoms with van der Waals surface area (Å²) in [6.07, 6.45) is 3.74. The quantitative estimate of drug-likeness (QED) is 0.696. The van der Waals surface area contributed by atoms with Crippen LogP contribution in [0.3, 0.4) is 0 Å². The van der Waals surface area contributed by atoms with Crippen molar-refractivity contribution >= 4 is 17.9 Å². The van der Waals surface area contributed by atoms with E-state index < -0.39 is 11.8 Å². The van der Waals surface area contributed by atoms with Crippen LogP contribution in [-0.4, -0.2) is 32.1 Å². The van der Waals surface area contributed by atoms with E-state index in [1.165, 1.54) is 26.6 Å². The van der Waals surface area contributed by atoms with Gasteiger partial charge in [0.15, 0.2) is 11.5 Å². The molecule has 0 aliphatic heterocycles. The van der Waals surface area contributed by atoms with Gasteiger partial charge in [0.1, 0.15) is 11.5 Å². The maximum absolute atomic E-state index is 12.7. The molecular formula is C20H24N2O5. The molecule has 1 heterocycles. The number of hydrogen-bond donors (Lipinski definition) is 2. The van der Waals surface area contributed by atoms with Gasteiger partial charge in [0.25, 0.3) is 11.8 Å². The first kappa shape index (κ1) is 20.1. The zero-order valence-corrected chi connectivity index (χ0v) is 15.9. The van der Waals surface area contributed by atoms with Gasteiger partial charge in [-0.25, -0.2) is 0 Å². The predicted molar refractivity (Wildman–Crippen MR) is 102 cm³/mol. The van der Waals surface area contributed by atoms with E-state index in [1.54, 1.807) is 30.3 Å². The Balaban J connectivity index is 2.26. The van der Waals surface area contributed by atoms with Crippen LogP contribution in [0.25, 0.3) is 6.08 Å². The summed E-state index contributed by atoms with van der Waals surface area (Å²) in [5, 5.41) is 5.47. The highest BCUT2D eigenvalue weighted by atomic mass is 16.5. The molecular weight excluding hydrogens is 348 g/mol. The van der Waals surface area contributed by atoms with Gasteiger partial charge >= 0.3 is 0 Å². The van der Waals surface area contributed by atoms with E-state index >= 15 is 0 Å². The fourth-order valence-electron chi connectivity index (χ4n) is 2.25. The van der Waals surface area contributed by atoms with Gasteiger partial charge in [-0.15, -0.1) is 0 Å². The zero-order chi connectivity index (χ0) is 19.8. The van der Waals surface area contributed by atoms with Crippen molar-refractivity contribution in [2.75, 3.05) is 14.2 Å². The lowest BCUT2D eigenvalue weighted by atomic mass is 10.1. The second-order valence-corrected chi connectivity index (χ2v) is 5.88. The van der Waals surface area contributed by atoms with Crippen molar-refractivity contribution in [1.82, 2.24) is 10.6 Å². The molecule has 0 unspecified atom stereocenters. The van der Waals surface area contributed by atoms with Crippen LogP contribution < -0.4 is 20.1 Å². The molecule has 0 spiro atoms. The van der Waals surface area contributed by atoms with Crippen LogP contribution in [-0.2, 0) is 4.79 Å². The Bertz CT molecular complexity index is 812. The average Bonchev–Trinajstić information content (AvgIpc) is 3.19. The van der Waals surface area contributed by atoms with Crippen LogP contribution in [0.2, 0.25) is 0 Å². The number of carbonyl (C=O) groups excluding carboxylic acids is 2. The minimum absolute atomic E-state index is 0.0320. The summed E-state index contributed by atoms with van der Waals surface area (Å²) in [5.41, 5.74) is 0.416. The van der Waals surface area contributed by atoms with Crippen molar-refractivity contribution in [3.05, 3.63) is 53.6 Å². The molecule has 7 heteroatoms. The Morgan fingerprint density at radius 3 is 2.52 bits per heavy atom. The zero-order valence-electron chi connectivity index (χ0n) is 15.9. The third-order valence-electron chi connectivity index (χ3n) is 3.96. The van der Waals surface area contributed by atoms with Gasteiger partial charge in [-0.2, -0.15) is 0 Å². The van der Waals surface area contributed by atoms with Crippen LogP contribution in [0.15, 0.2) is 46.7 Å². The Hall–Kier alpha value is -3.22. The van der Waals surface area contributed by atoms with E-state index in [0.29, 0.717) is 22.8 Å². The van der Waals surface area contributed by atoms with Crippen LogP contribution in [0, 0.1) is 0 Å². The molecule has 0 aliphatic rings. The molecule has 2 rings (SSSR count). The van der Waals surface area contributed by atoms with Crippen molar-refractivity contribution in [3.8, 4) is 11.5 Å². The van der Waals surface area contributed by atoms with Gasteiger partial charge in [0.2, 0.25) is 0 Å². The lowest BCUT2D eigenvalue weighted by Gasteiger charge is -2.15. The number of benzene rings is 1. The molecule has 0 radical (unpaired) electrons. The highest BCUT2D eigenvalue weighted by molar-refractivity contribution is 6.05.